The van der Waals surface area contributed by atoms with E-state index in [0.717, 1.165) is 23.0 Å². The van der Waals surface area contributed by atoms with Gasteiger partial charge in [-0.15, -0.1) is 0 Å². The first-order valence-electron chi connectivity index (χ1n) is 7.65. The normalized spacial score (nSPS) is 15.1. The predicted molar refractivity (Wildman–Crippen MR) is 90.2 cm³/mol. The lowest BCUT2D eigenvalue weighted by atomic mass is 9.99. The highest BCUT2D eigenvalue weighted by Gasteiger charge is 2.36. The molecular formula is C19H19N2O2. The number of carbonyl (C=O) groups is 1. The lowest BCUT2D eigenvalue weighted by Gasteiger charge is -2.22. The molecular weight excluding hydrogens is 288 g/mol. The molecule has 0 spiro atoms. The predicted octanol–water partition coefficient (Wildman–Crippen LogP) is 3.43. The number of anilines is 1. The third kappa shape index (κ3) is 2.98. The third-order valence-electron chi connectivity index (χ3n) is 3.73. The average molecular weight is 307 g/mol. The Labute approximate surface area is 136 Å². The van der Waals surface area contributed by atoms with Gasteiger partial charge < -0.3 is 4.74 Å². The average Bonchev–Trinajstić information content (AvgIpc) is 2.94. The number of hydrogen-bond donors (Lipinski definition) is 1. The fourth-order valence-electron chi connectivity index (χ4n) is 2.65. The number of rotatable bonds is 4. The number of allylic oxidation sites excluding steroid dienone is 1. The van der Waals surface area contributed by atoms with Crippen molar-refractivity contribution in [3.05, 3.63) is 83.5 Å². The van der Waals surface area contributed by atoms with Crippen LogP contribution in [0.5, 0.6) is 0 Å². The Morgan fingerprint density at radius 3 is 2.26 bits per heavy atom. The second-order valence-electron chi connectivity index (χ2n) is 5.20. The topological polar surface area (TPSA) is 41.6 Å². The number of esters is 1. The van der Waals surface area contributed by atoms with Gasteiger partial charge in [0.2, 0.25) is 0 Å². The molecule has 0 saturated carbocycles. The Morgan fingerprint density at radius 2 is 1.65 bits per heavy atom. The van der Waals surface area contributed by atoms with E-state index in [1.54, 1.807) is 0 Å². The molecule has 1 radical (unpaired) electrons. The maximum Gasteiger partial charge on any atom is 0.338 e. The first-order valence-corrected chi connectivity index (χ1v) is 7.65. The molecule has 0 aliphatic carbocycles. The van der Waals surface area contributed by atoms with E-state index in [9.17, 15) is 4.79 Å². The van der Waals surface area contributed by atoms with Crippen LogP contribution in [0.2, 0.25) is 0 Å². The zero-order chi connectivity index (χ0) is 16.2. The molecule has 117 valence electrons. The van der Waals surface area contributed by atoms with Crippen molar-refractivity contribution in [2.75, 3.05) is 11.6 Å². The van der Waals surface area contributed by atoms with Crippen LogP contribution in [0.15, 0.2) is 71.9 Å². The second-order valence-corrected chi connectivity index (χ2v) is 5.20. The molecule has 0 aromatic heterocycles. The van der Waals surface area contributed by atoms with E-state index in [1.807, 2.05) is 79.5 Å². The van der Waals surface area contributed by atoms with Gasteiger partial charge in [-0.1, -0.05) is 48.5 Å². The van der Waals surface area contributed by atoms with Crippen LogP contribution in [0.4, 0.5) is 5.69 Å². The lowest BCUT2D eigenvalue weighted by molar-refractivity contribution is -0.138. The van der Waals surface area contributed by atoms with E-state index in [-0.39, 0.29) is 5.97 Å². The van der Waals surface area contributed by atoms with Gasteiger partial charge in [-0.25, -0.2) is 10.2 Å². The highest BCUT2D eigenvalue weighted by atomic mass is 16.5. The van der Waals surface area contributed by atoms with E-state index in [0.29, 0.717) is 12.2 Å². The summed E-state index contributed by atoms with van der Waals surface area (Å²) in [5, 5.41) is 1.91. The van der Waals surface area contributed by atoms with E-state index in [2.05, 4.69) is 5.43 Å². The van der Waals surface area contributed by atoms with E-state index < -0.39 is 0 Å². The number of nitrogens with one attached hydrogen (secondary N) is 1. The summed E-state index contributed by atoms with van der Waals surface area (Å²) in [7, 11) is 0. The first-order chi connectivity index (χ1) is 11.2. The minimum atomic E-state index is -0.310. The number of para-hydroxylation sites is 1. The van der Waals surface area contributed by atoms with Gasteiger partial charge in [-0.05, 0) is 31.5 Å². The Kier molecular flexibility index (Phi) is 4.44. The van der Waals surface area contributed by atoms with Gasteiger partial charge in [0.1, 0.15) is 6.04 Å². The number of hydrogen-bond acceptors (Lipinski definition) is 4. The minimum absolute atomic E-state index is 0.310. The number of nitrogens with zero attached hydrogens (tertiary/aromatic N) is 1. The van der Waals surface area contributed by atoms with Gasteiger partial charge >= 0.3 is 5.97 Å². The Balaban J connectivity index is 2.02. The van der Waals surface area contributed by atoms with Crippen molar-refractivity contribution >= 4 is 11.7 Å². The van der Waals surface area contributed by atoms with Gasteiger partial charge in [-0.3, -0.25) is 5.01 Å². The van der Waals surface area contributed by atoms with Gasteiger partial charge in [0.05, 0.1) is 17.9 Å². The van der Waals surface area contributed by atoms with Gasteiger partial charge in [0.15, 0.2) is 0 Å². The Hall–Kier alpha value is -2.59. The zero-order valence-corrected chi connectivity index (χ0v) is 13.2. The van der Waals surface area contributed by atoms with Crippen LogP contribution in [0, 0.1) is 6.04 Å². The van der Waals surface area contributed by atoms with E-state index in [1.165, 1.54) is 0 Å². The summed E-state index contributed by atoms with van der Waals surface area (Å²) in [6.07, 6.45) is 0. The van der Waals surface area contributed by atoms with Crippen LogP contribution in [-0.4, -0.2) is 12.6 Å². The molecule has 0 saturated heterocycles. The van der Waals surface area contributed by atoms with Crippen LogP contribution in [0.3, 0.4) is 0 Å². The van der Waals surface area contributed by atoms with Gasteiger partial charge in [-0.2, -0.15) is 0 Å². The summed E-state index contributed by atoms with van der Waals surface area (Å²) < 4.78 is 5.25. The fourth-order valence-corrected chi connectivity index (χ4v) is 2.65. The SMILES string of the molecule is CCOC(=O)C1=C(C)N(c2ccccc2)N[C]1c1ccccc1. The quantitative estimate of drug-likeness (QED) is 0.879. The summed E-state index contributed by atoms with van der Waals surface area (Å²) in [4.78, 5) is 12.4. The molecule has 2 aromatic carbocycles. The molecule has 1 aliphatic heterocycles. The van der Waals surface area contributed by atoms with Crippen molar-refractivity contribution in [1.29, 1.82) is 0 Å². The molecule has 0 bridgehead atoms. The number of hydrazine groups is 1. The molecule has 0 amide bonds. The standard InChI is InChI=1S/C19H19N2O2/c1-3-23-19(22)17-14(2)21(16-12-8-5-9-13-16)20-18(17)15-10-6-4-7-11-15/h4-13,20H,3H2,1-2H3. The molecule has 0 atom stereocenters. The van der Waals surface area contributed by atoms with E-state index >= 15 is 0 Å². The molecule has 4 nitrogen and oxygen atoms in total. The number of carbonyl (C=O) groups excluding carboxylic acids is 1. The van der Waals surface area contributed by atoms with Crippen molar-refractivity contribution in [3.63, 3.8) is 0 Å². The monoisotopic (exact) mass is 307 g/mol. The number of benzene rings is 2. The van der Waals surface area contributed by atoms with Crippen molar-refractivity contribution in [2.45, 2.75) is 13.8 Å². The van der Waals surface area contributed by atoms with Crippen LogP contribution in [0.1, 0.15) is 19.4 Å². The molecule has 1 N–H and O–H groups in total. The molecule has 1 aliphatic rings. The lowest BCUT2D eigenvalue weighted by Crippen LogP contribution is -2.33. The van der Waals surface area contributed by atoms with Gasteiger partial charge in [0, 0.05) is 5.70 Å². The molecule has 0 fully saturated rings. The van der Waals surface area contributed by atoms with Crippen molar-refractivity contribution in [1.82, 2.24) is 5.43 Å². The zero-order valence-electron chi connectivity index (χ0n) is 13.2. The molecule has 0 unspecified atom stereocenters. The van der Waals surface area contributed by atoms with Crippen molar-refractivity contribution in [2.24, 2.45) is 0 Å². The van der Waals surface area contributed by atoms with Crippen LogP contribution < -0.4 is 10.4 Å². The molecule has 2 aromatic rings. The summed E-state index contributed by atoms with van der Waals surface area (Å²) in [5.41, 5.74) is 6.66. The number of ether oxygens (including phenoxy) is 1. The Bertz CT molecular complexity index is 711. The van der Waals surface area contributed by atoms with Crippen LogP contribution in [0.25, 0.3) is 0 Å². The third-order valence-corrected chi connectivity index (χ3v) is 3.73. The van der Waals surface area contributed by atoms with Crippen LogP contribution in [-0.2, 0) is 9.53 Å². The summed E-state index contributed by atoms with van der Waals surface area (Å²) >= 11 is 0. The highest BCUT2D eigenvalue weighted by Crippen LogP contribution is 2.34. The van der Waals surface area contributed by atoms with E-state index in [4.69, 9.17) is 4.74 Å². The fraction of sp³-hybridized carbons (Fsp3) is 0.158. The molecule has 3 rings (SSSR count). The summed E-state index contributed by atoms with van der Waals surface area (Å²) in [6, 6.07) is 20.5. The molecule has 4 heteroatoms. The summed E-state index contributed by atoms with van der Waals surface area (Å²) in [6.45, 7) is 4.08. The Morgan fingerprint density at radius 1 is 1.04 bits per heavy atom. The smallest absolute Gasteiger partial charge is 0.338 e. The minimum Gasteiger partial charge on any atom is -0.463 e. The molecule has 1 heterocycles. The second kappa shape index (κ2) is 6.67. The summed E-state index contributed by atoms with van der Waals surface area (Å²) in [5.74, 6) is -0.310. The van der Waals surface area contributed by atoms with Gasteiger partial charge in [0.25, 0.3) is 0 Å². The largest absolute Gasteiger partial charge is 0.463 e. The first kappa shape index (κ1) is 15.3. The van der Waals surface area contributed by atoms with Crippen LogP contribution >= 0.6 is 0 Å². The van der Waals surface area contributed by atoms with Crippen molar-refractivity contribution in [3.8, 4) is 0 Å². The maximum atomic E-state index is 12.4. The van der Waals surface area contributed by atoms with Crippen molar-refractivity contribution < 1.29 is 9.53 Å². The maximum absolute atomic E-state index is 12.4. The molecule has 23 heavy (non-hydrogen) atoms. The highest BCUT2D eigenvalue weighted by molar-refractivity contribution is 5.96.